The molecule has 7 nitrogen and oxygen atoms in total. The van der Waals surface area contributed by atoms with Crippen molar-refractivity contribution < 1.29 is 19.4 Å². The number of fused-ring (bicyclic) bond motifs is 1. The highest BCUT2D eigenvalue weighted by Gasteiger charge is 2.42. The van der Waals surface area contributed by atoms with Gasteiger partial charge in [0.05, 0.1) is 25.1 Å². The van der Waals surface area contributed by atoms with Gasteiger partial charge >= 0.3 is 5.97 Å². The van der Waals surface area contributed by atoms with Crippen molar-refractivity contribution in [2.75, 3.05) is 26.7 Å². The summed E-state index contributed by atoms with van der Waals surface area (Å²) < 4.78 is 12.9. The van der Waals surface area contributed by atoms with Crippen LogP contribution in [0.15, 0.2) is 43.0 Å². The average molecular weight is 385 g/mol. The van der Waals surface area contributed by atoms with Gasteiger partial charge in [-0.3, -0.25) is 0 Å². The van der Waals surface area contributed by atoms with E-state index in [9.17, 15) is 9.90 Å². The SMILES string of the molecule is COC(=O)c1cccc(O[C@@H]2C[C@@H]3CN(CCn4ccnc4)C[C@@H]3C[C@H]2O)c1. The van der Waals surface area contributed by atoms with Gasteiger partial charge in [-0.2, -0.15) is 0 Å². The van der Waals surface area contributed by atoms with Gasteiger partial charge in [-0.1, -0.05) is 6.07 Å². The molecule has 2 aromatic rings. The molecule has 0 bridgehead atoms. The van der Waals surface area contributed by atoms with Crippen molar-refractivity contribution in [3.05, 3.63) is 48.5 Å². The summed E-state index contributed by atoms with van der Waals surface area (Å²) in [6.45, 7) is 3.99. The first-order valence-electron chi connectivity index (χ1n) is 9.83. The maximum absolute atomic E-state index is 11.7. The molecule has 1 aromatic heterocycles. The molecule has 1 N–H and O–H groups in total. The van der Waals surface area contributed by atoms with Crippen molar-refractivity contribution in [1.82, 2.24) is 14.5 Å². The van der Waals surface area contributed by atoms with Crippen LogP contribution in [0, 0.1) is 11.8 Å². The number of aliphatic hydroxyl groups is 1. The number of likely N-dealkylation sites (tertiary alicyclic amines) is 1. The van der Waals surface area contributed by atoms with Gasteiger partial charge < -0.3 is 24.0 Å². The number of carbonyl (C=O) groups excluding carboxylic acids is 1. The molecule has 2 heterocycles. The molecular weight excluding hydrogens is 358 g/mol. The zero-order valence-electron chi connectivity index (χ0n) is 16.1. The van der Waals surface area contributed by atoms with E-state index in [0.717, 1.165) is 39.0 Å². The molecule has 0 amide bonds. The Morgan fingerprint density at radius 2 is 2.07 bits per heavy atom. The van der Waals surface area contributed by atoms with Gasteiger partial charge in [-0.15, -0.1) is 0 Å². The molecule has 1 aliphatic heterocycles. The van der Waals surface area contributed by atoms with Crippen molar-refractivity contribution in [1.29, 1.82) is 0 Å². The number of hydrogen-bond donors (Lipinski definition) is 1. The van der Waals surface area contributed by atoms with Crippen LogP contribution in [0.1, 0.15) is 23.2 Å². The lowest BCUT2D eigenvalue weighted by atomic mass is 9.78. The van der Waals surface area contributed by atoms with Gasteiger partial charge in [0.2, 0.25) is 0 Å². The molecule has 4 rings (SSSR count). The third-order valence-corrected chi connectivity index (χ3v) is 5.94. The van der Waals surface area contributed by atoms with E-state index in [-0.39, 0.29) is 12.1 Å². The molecule has 4 atom stereocenters. The van der Waals surface area contributed by atoms with Gasteiger partial charge in [0.25, 0.3) is 0 Å². The van der Waals surface area contributed by atoms with Gasteiger partial charge in [0.15, 0.2) is 0 Å². The van der Waals surface area contributed by atoms with Crippen LogP contribution >= 0.6 is 0 Å². The number of benzene rings is 1. The van der Waals surface area contributed by atoms with Gasteiger partial charge in [-0.05, 0) is 42.9 Å². The van der Waals surface area contributed by atoms with E-state index in [1.165, 1.54) is 7.11 Å². The molecule has 1 aromatic carbocycles. The summed E-state index contributed by atoms with van der Waals surface area (Å²) in [6, 6.07) is 6.96. The van der Waals surface area contributed by atoms with Crippen LogP contribution < -0.4 is 4.74 Å². The lowest BCUT2D eigenvalue weighted by molar-refractivity contribution is -0.0231. The quantitative estimate of drug-likeness (QED) is 0.765. The van der Waals surface area contributed by atoms with Gasteiger partial charge in [0, 0.05) is 38.6 Å². The number of hydrogen-bond acceptors (Lipinski definition) is 6. The number of aromatic nitrogens is 2. The predicted molar refractivity (Wildman–Crippen MR) is 103 cm³/mol. The molecular formula is C21H27N3O4. The molecule has 2 aliphatic rings. The number of aliphatic hydroxyl groups excluding tert-OH is 1. The van der Waals surface area contributed by atoms with E-state index in [1.54, 1.807) is 24.4 Å². The van der Waals surface area contributed by atoms with E-state index in [4.69, 9.17) is 9.47 Å². The van der Waals surface area contributed by atoms with E-state index in [1.807, 2.05) is 18.6 Å². The summed E-state index contributed by atoms with van der Waals surface area (Å²) in [6.07, 6.45) is 6.48. The minimum Gasteiger partial charge on any atom is -0.488 e. The Bertz CT molecular complexity index is 795. The number of carbonyl (C=O) groups is 1. The molecule has 0 unspecified atom stereocenters. The van der Waals surface area contributed by atoms with Crippen molar-refractivity contribution in [2.24, 2.45) is 11.8 Å². The maximum atomic E-state index is 11.7. The average Bonchev–Trinajstić information content (AvgIpc) is 3.35. The minimum atomic E-state index is -0.489. The standard InChI is InChI=1S/C21H27N3O4/c1-27-21(26)15-3-2-4-18(9-15)28-20-11-17-13-24(12-16(17)10-19(20)25)8-7-23-6-5-22-14-23/h2-6,9,14,16-17,19-20,25H,7-8,10-13H2,1H3/t16-,17+,19+,20+/m0/s1. The molecule has 0 spiro atoms. The van der Waals surface area contributed by atoms with Crippen LogP contribution in [-0.2, 0) is 11.3 Å². The molecule has 2 fully saturated rings. The van der Waals surface area contributed by atoms with Crippen LogP contribution in [0.5, 0.6) is 5.75 Å². The topological polar surface area (TPSA) is 76.8 Å². The van der Waals surface area contributed by atoms with E-state index in [2.05, 4.69) is 14.5 Å². The first kappa shape index (κ1) is 19.0. The predicted octanol–water partition coefficient (Wildman–Crippen LogP) is 1.82. The monoisotopic (exact) mass is 385 g/mol. The molecule has 150 valence electrons. The fourth-order valence-electron chi connectivity index (χ4n) is 4.46. The zero-order chi connectivity index (χ0) is 19.5. The molecule has 0 radical (unpaired) electrons. The van der Waals surface area contributed by atoms with E-state index in [0.29, 0.717) is 23.1 Å². The number of ether oxygens (including phenoxy) is 2. The fourth-order valence-corrected chi connectivity index (χ4v) is 4.46. The number of imidazole rings is 1. The van der Waals surface area contributed by atoms with Crippen molar-refractivity contribution in [3.63, 3.8) is 0 Å². The minimum absolute atomic E-state index is 0.247. The lowest BCUT2D eigenvalue weighted by Gasteiger charge is -2.35. The van der Waals surface area contributed by atoms with E-state index < -0.39 is 6.10 Å². The first-order chi connectivity index (χ1) is 13.6. The lowest BCUT2D eigenvalue weighted by Crippen LogP contribution is -2.42. The smallest absolute Gasteiger partial charge is 0.337 e. The molecule has 28 heavy (non-hydrogen) atoms. The Morgan fingerprint density at radius 1 is 1.25 bits per heavy atom. The summed E-state index contributed by atoms with van der Waals surface area (Å²) >= 11 is 0. The number of esters is 1. The molecule has 1 saturated heterocycles. The normalized spacial score (nSPS) is 27.4. The highest BCUT2D eigenvalue weighted by atomic mass is 16.5. The molecule has 1 saturated carbocycles. The van der Waals surface area contributed by atoms with Crippen molar-refractivity contribution in [3.8, 4) is 5.75 Å². The van der Waals surface area contributed by atoms with Crippen molar-refractivity contribution >= 4 is 5.97 Å². The Labute approximate surface area is 164 Å². The maximum Gasteiger partial charge on any atom is 0.337 e. The van der Waals surface area contributed by atoms with E-state index >= 15 is 0 Å². The Morgan fingerprint density at radius 3 is 2.82 bits per heavy atom. The largest absolute Gasteiger partial charge is 0.488 e. The molecule has 1 aliphatic carbocycles. The third kappa shape index (κ3) is 4.20. The van der Waals surface area contributed by atoms with Gasteiger partial charge in [0.1, 0.15) is 11.9 Å². The Kier molecular flexibility index (Phi) is 5.64. The number of rotatable bonds is 6. The summed E-state index contributed by atoms with van der Waals surface area (Å²) in [5.74, 6) is 1.25. The van der Waals surface area contributed by atoms with Crippen LogP contribution in [0.3, 0.4) is 0 Å². The summed E-state index contributed by atoms with van der Waals surface area (Å²) in [7, 11) is 1.36. The van der Waals surface area contributed by atoms with Crippen molar-refractivity contribution in [2.45, 2.75) is 31.6 Å². The summed E-state index contributed by atoms with van der Waals surface area (Å²) in [5.41, 5.74) is 0.453. The number of nitrogens with zero attached hydrogens (tertiary/aromatic N) is 3. The van der Waals surface area contributed by atoms with Crippen LogP contribution in [-0.4, -0.2) is 64.5 Å². The zero-order valence-corrected chi connectivity index (χ0v) is 16.1. The van der Waals surface area contributed by atoms with Crippen LogP contribution in [0.2, 0.25) is 0 Å². The van der Waals surface area contributed by atoms with Gasteiger partial charge in [-0.25, -0.2) is 9.78 Å². The first-order valence-corrected chi connectivity index (χ1v) is 9.83. The fraction of sp³-hybridized carbons (Fsp3) is 0.524. The Hall–Kier alpha value is -2.38. The summed E-state index contributed by atoms with van der Waals surface area (Å²) in [5, 5.41) is 10.6. The summed E-state index contributed by atoms with van der Waals surface area (Å²) in [4.78, 5) is 18.3. The third-order valence-electron chi connectivity index (χ3n) is 5.94. The second-order valence-corrected chi connectivity index (χ2v) is 7.79. The second-order valence-electron chi connectivity index (χ2n) is 7.79. The highest BCUT2D eigenvalue weighted by Crippen LogP contribution is 2.38. The number of methoxy groups -OCH3 is 1. The highest BCUT2D eigenvalue weighted by molar-refractivity contribution is 5.89. The van der Waals surface area contributed by atoms with Crippen LogP contribution in [0.4, 0.5) is 0 Å². The Balaban J connectivity index is 1.34. The van der Waals surface area contributed by atoms with Crippen LogP contribution in [0.25, 0.3) is 0 Å². The second kappa shape index (κ2) is 8.32. The molecule has 7 heteroatoms.